The Kier molecular flexibility index (Phi) is 4.36. The van der Waals surface area contributed by atoms with E-state index in [0.29, 0.717) is 11.7 Å². The van der Waals surface area contributed by atoms with Crippen molar-refractivity contribution in [3.05, 3.63) is 35.9 Å². The van der Waals surface area contributed by atoms with Gasteiger partial charge in [-0.3, -0.25) is 4.90 Å². The summed E-state index contributed by atoms with van der Waals surface area (Å²) in [6.45, 7) is 4.00. The van der Waals surface area contributed by atoms with Gasteiger partial charge in [-0.1, -0.05) is 18.2 Å². The fraction of sp³-hybridized carbons (Fsp3) is 0.471. The number of methoxy groups -OCH3 is 1. The third-order valence-electron chi connectivity index (χ3n) is 4.34. The molecule has 2 N–H and O–H groups in total. The number of nitrogens with two attached hydrogens (primary N) is 1. The number of nitrogens with zero attached hydrogens (tertiary/aromatic N) is 2. The van der Waals surface area contributed by atoms with Gasteiger partial charge in [-0.2, -0.15) is 0 Å². The van der Waals surface area contributed by atoms with Crippen molar-refractivity contribution < 1.29 is 4.74 Å². The maximum atomic E-state index is 6.12. The number of likely N-dealkylation sites (tertiary alicyclic amines) is 1. The van der Waals surface area contributed by atoms with Gasteiger partial charge in [-0.25, -0.2) is 4.98 Å². The van der Waals surface area contributed by atoms with Crippen molar-refractivity contribution in [3.8, 4) is 0 Å². The number of aromatic nitrogens is 1. The first kappa shape index (κ1) is 14.3. The van der Waals surface area contributed by atoms with Crippen molar-refractivity contribution in [1.82, 2.24) is 9.88 Å². The van der Waals surface area contributed by atoms with E-state index in [9.17, 15) is 0 Å². The average Bonchev–Trinajstić information content (AvgIpc) is 2.50. The minimum absolute atomic E-state index is 0.660. The second-order valence-corrected chi connectivity index (χ2v) is 5.90. The number of rotatable bonds is 4. The highest BCUT2D eigenvalue weighted by molar-refractivity contribution is 5.81. The van der Waals surface area contributed by atoms with Crippen LogP contribution in [0.3, 0.4) is 0 Å². The Morgan fingerprint density at radius 1 is 1.29 bits per heavy atom. The third-order valence-corrected chi connectivity index (χ3v) is 4.34. The van der Waals surface area contributed by atoms with Crippen LogP contribution in [0.2, 0.25) is 0 Å². The Labute approximate surface area is 125 Å². The average molecular weight is 285 g/mol. The number of anilines is 1. The second-order valence-electron chi connectivity index (χ2n) is 5.90. The number of para-hydroxylation sites is 1. The zero-order valence-corrected chi connectivity index (χ0v) is 12.6. The predicted octanol–water partition coefficient (Wildman–Crippen LogP) is 2.68. The number of pyridine rings is 1. The smallest absolute Gasteiger partial charge is 0.128 e. The lowest BCUT2D eigenvalue weighted by Gasteiger charge is -2.31. The molecule has 0 bridgehead atoms. The topological polar surface area (TPSA) is 51.4 Å². The van der Waals surface area contributed by atoms with Crippen molar-refractivity contribution in [2.45, 2.75) is 19.4 Å². The number of hydrogen-bond acceptors (Lipinski definition) is 4. The molecular formula is C17H23N3O. The molecule has 4 heteroatoms. The molecule has 1 aromatic carbocycles. The highest BCUT2D eigenvalue weighted by Gasteiger charge is 2.19. The summed E-state index contributed by atoms with van der Waals surface area (Å²) in [4.78, 5) is 6.98. The van der Waals surface area contributed by atoms with Crippen molar-refractivity contribution in [2.24, 2.45) is 5.92 Å². The van der Waals surface area contributed by atoms with E-state index in [1.807, 2.05) is 18.2 Å². The number of benzene rings is 1. The van der Waals surface area contributed by atoms with Gasteiger partial charge in [0.1, 0.15) is 5.82 Å². The molecule has 21 heavy (non-hydrogen) atoms. The van der Waals surface area contributed by atoms with Gasteiger partial charge >= 0.3 is 0 Å². The summed E-state index contributed by atoms with van der Waals surface area (Å²) in [5.41, 5.74) is 8.23. The first-order chi connectivity index (χ1) is 10.3. The predicted molar refractivity (Wildman–Crippen MR) is 86.0 cm³/mol. The van der Waals surface area contributed by atoms with Gasteiger partial charge in [0, 0.05) is 31.2 Å². The van der Waals surface area contributed by atoms with Crippen molar-refractivity contribution >= 4 is 16.7 Å². The molecule has 0 atom stereocenters. The summed E-state index contributed by atoms with van der Waals surface area (Å²) in [5, 5.41) is 1.16. The lowest BCUT2D eigenvalue weighted by molar-refractivity contribution is 0.0969. The Hall–Kier alpha value is -1.65. The van der Waals surface area contributed by atoms with E-state index in [1.54, 1.807) is 7.11 Å². The zero-order valence-electron chi connectivity index (χ0n) is 12.6. The summed E-state index contributed by atoms with van der Waals surface area (Å²) >= 11 is 0. The normalized spacial score (nSPS) is 17.4. The molecule has 1 aromatic heterocycles. The number of nitrogen functional groups attached to an aromatic ring is 1. The van der Waals surface area contributed by atoms with Gasteiger partial charge in [0.15, 0.2) is 0 Å². The van der Waals surface area contributed by atoms with Crippen LogP contribution in [-0.4, -0.2) is 36.7 Å². The molecule has 1 aliphatic rings. The molecule has 1 saturated heterocycles. The lowest BCUT2D eigenvalue weighted by atomic mass is 9.97. The Balaban J connectivity index is 1.69. The van der Waals surface area contributed by atoms with Gasteiger partial charge < -0.3 is 10.5 Å². The minimum Gasteiger partial charge on any atom is -0.384 e. The van der Waals surface area contributed by atoms with E-state index in [-0.39, 0.29) is 0 Å². The Morgan fingerprint density at radius 3 is 2.81 bits per heavy atom. The van der Waals surface area contributed by atoms with Crippen LogP contribution < -0.4 is 5.73 Å². The van der Waals surface area contributed by atoms with Crippen molar-refractivity contribution in [2.75, 3.05) is 32.5 Å². The molecule has 1 aliphatic heterocycles. The van der Waals surface area contributed by atoms with Crippen molar-refractivity contribution in [3.63, 3.8) is 0 Å². The fourth-order valence-corrected chi connectivity index (χ4v) is 3.09. The SMILES string of the molecule is COCC1CCN(Cc2cc3ccccc3nc2N)CC1. The highest BCUT2D eigenvalue weighted by atomic mass is 16.5. The Bertz CT molecular complexity index is 606. The molecule has 0 saturated carbocycles. The summed E-state index contributed by atoms with van der Waals surface area (Å²) in [6.07, 6.45) is 2.41. The molecule has 4 nitrogen and oxygen atoms in total. The largest absolute Gasteiger partial charge is 0.384 e. The van der Waals surface area contributed by atoms with Gasteiger partial charge in [0.25, 0.3) is 0 Å². The van der Waals surface area contributed by atoms with E-state index in [2.05, 4.69) is 22.0 Å². The van der Waals surface area contributed by atoms with Crippen LogP contribution in [0.4, 0.5) is 5.82 Å². The fourth-order valence-electron chi connectivity index (χ4n) is 3.09. The number of ether oxygens (including phenoxy) is 1. The van der Waals surface area contributed by atoms with Gasteiger partial charge in [-0.15, -0.1) is 0 Å². The lowest BCUT2D eigenvalue weighted by Crippen LogP contribution is -2.34. The maximum Gasteiger partial charge on any atom is 0.128 e. The van der Waals surface area contributed by atoms with Crippen LogP contribution in [0.5, 0.6) is 0 Å². The monoisotopic (exact) mass is 285 g/mol. The minimum atomic E-state index is 0.660. The van der Waals surface area contributed by atoms with E-state index >= 15 is 0 Å². The molecule has 0 amide bonds. The standard InChI is InChI=1S/C17H23N3O/c1-21-12-13-6-8-20(9-7-13)11-15-10-14-4-2-3-5-16(14)19-17(15)18/h2-5,10,13H,6-9,11-12H2,1H3,(H2,18,19). The number of piperidine rings is 1. The molecule has 2 heterocycles. The van der Waals surface area contributed by atoms with E-state index in [0.717, 1.165) is 42.7 Å². The van der Waals surface area contributed by atoms with Crippen LogP contribution in [-0.2, 0) is 11.3 Å². The van der Waals surface area contributed by atoms with Crippen LogP contribution in [0.15, 0.2) is 30.3 Å². The molecule has 1 fully saturated rings. The van der Waals surface area contributed by atoms with Gasteiger partial charge in [0.2, 0.25) is 0 Å². The molecule has 112 valence electrons. The third kappa shape index (κ3) is 3.34. The van der Waals surface area contributed by atoms with Gasteiger partial charge in [0.05, 0.1) is 5.52 Å². The van der Waals surface area contributed by atoms with Crippen molar-refractivity contribution in [1.29, 1.82) is 0 Å². The van der Waals surface area contributed by atoms with E-state index < -0.39 is 0 Å². The summed E-state index contributed by atoms with van der Waals surface area (Å²) in [6, 6.07) is 10.3. The van der Waals surface area contributed by atoms with Crippen LogP contribution >= 0.6 is 0 Å². The highest BCUT2D eigenvalue weighted by Crippen LogP contribution is 2.23. The second kappa shape index (κ2) is 6.41. The first-order valence-corrected chi connectivity index (χ1v) is 7.61. The number of fused-ring (bicyclic) bond motifs is 1. The van der Waals surface area contributed by atoms with E-state index in [1.165, 1.54) is 12.8 Å². The van der Waals surface area contributed by atoms with Crippen LogP contribution in [0.25, 0.3) is 10.9 Å². The van der Waals surface area contributed by atoms with Crippen LogP contribution in [0.1, 0.15) is 18.4 Å². The summed E-state index contributed by atoms with van der Waals surface area (Å²) in [7, 11) is 1.79. The summed E-state index contributed by atoms with van der Waals surface area (Å²) in [5.74, 6) is 1.37. The maximum absolute atomic E-state index is 6.12. The summed E-state index contributed by atoms with van der Waals surface area (Å²) < 4.78 is 5.25. The van der Waals surface area contributed by atoms with Crippen LogP contribution in [0, 0.1) is 5.92 Å². The number of hydrogen-bond donors (Lipinski definition) is 1. The van der Waals surface area contributed by atoms with Gasteiger partial charge in [-0.05, 0) is 44.0 Å². The molecule has 2 aromatic rings. The molecule has 0 radical (unpaired) electrons. The molecular weight excluding hydrogens is 262 g/mol. The zero-order chi connectivity index (χ0) is 14.7. The molecule has 0 spiro atoms. The molecule has 0 unspecified atom stereocenters. The first-order valence-electron chi connectivity index (χ1n) is 7.61. The molecule has 0 aliphatic carbocycles. The van der Waals surface area contributed by atoms with E-state index in [4.69, 9.17) is 10.5 Å². The quantitative estimate of drug-likeness (QED) is 0.938. The molecule has 3 rings (SSSR count). The Morgan fingerprint density at radius 2 is 2.05 bits per heavy atom.